The van der Waals surface area contributed by atoms with Crippen molar-refractivity contribution in [2.75, 3.05) is 0 Å². The highest BCUT2D eigenvalue weighted by Crippen LogP contribution is 2.54. The Morgan fingerprint density at radius 1 is 0.905 bits per heavy atom. The van der Waals surface area contributed by atoms with Gasteiger partial charge >= 0.3 is 5.97 Å². The van der Waals surface area contributed by atoms with Gasteiger partial charge in [-0.2, -0.15) is 0 Å². The highest BCUT2D eigenvalue weighted by molar-refractivity contribution is 5.91. The molecular formula is C19H18O2. The second-order valence-corrected chi connectivity index (χ2v) is 5.51. The molecule has 0 aliphatic heterocycles. The predicted octanol–water partition coefficient (Wildman–Crippen LogP) is 4.27. The highest BCUT2D eigenvalue weighted by atomic mass is 16.4. The Balaban J connectivity index is 2.19. The number of aliphatic carboxylic acids is 1. The van der Waals surface area contributed by atoms with Crippen molar-refractivity contribution in [1.82, 2.24) is 0 Å². The van der Waals surface area contributed by atoms with E-state index in [2.05, 4.69) is 24.8 Å². The highest BCUT2D eigenvalue weighted by Gasteiger charge is 2.46. The summed E-state index contributed by atoms with van der Waals surface area (Å²) in [7, 11) is 0. The van der Waals surface area contributed by atoms with Crippen molar-refractivity contribution in [3.05, 3.63) is 83.6 Å². The molecule has 0 bridgehead atoms. The van der Waals surface area contributed by atoms with E-state index in [0.717, 1.165) is 36.0 Å². The molecule has 0 aromatic rings. The lowest BCUT2D eigenvalue weighted by Crippen LogP contribution is -2.33. The van der Waals surface area contributed by atoms with Crippen LogP contribution in [0.5, 0.6) is 0 Å². The number of allylic oxidation sites excluding steroid dienone is 12. The summed E-state index contributed by atoms with van der Waals surface area (Å²) in [6.07, 6.45) is 20.7. The Morgan fingerprint density at radius 3 is 1.52 bits per heavy atom. The molecule has 3 aliphatic rings. The zero-order valence-corrected chi connectivity index (χ0v) is 11.9. The molecule has 0 aromatic carbocycles. The number of hydrogen-bond acceptors (Lipinski definition) is 1. The van der Waals surface area contributed by atoms with E-state index < -0.39 is 11.4 Å². The first-order valence-electron chi connectivity index (χ1n) is 7.18. The molecule has 0 fully saturated rings. The second kappa shape index (κ2) is 5.21. The zero-order valence-electron chi connectivity index (χ0n) is 11.9. The molecule has 1 N–H and O–H groups in total. The van der Waals surface area contributed by atoms with Crippen LogP contribution in [0.4, 0.5) is 0 Å². The van der Waals surface area contributed by atoms with Crippen LogP contribution in [0.25, 0.3) is 0 Å². The number of carboxylic acid groups (broad SMARTS) is 1. The Kier molecular flexibility index (Phi) is 3.38. The third kappa shape index (κ3) is 1.99. The molecule has 0 amide bonds. The first-order chi connectivity index (χ1) is 10.2. The summed E-state index contributed by atoms with van der Waals surface area (Å²) in [5.74, 6) is -0.927. The van der Waals surface area contributed by atoms with Gasteiger partial charge in [-0.3, -0.25) is 0 Å². The Morgan fingerprint density at radius 2 is 1.29 bits per heavy atom. The molecule has 0 saturated carbocycles. The molecule has 0 aromatic heterocycles. The largest absolute Gasteiger partial charge is 0.478 e. The molecule has 0 spiro atoms. The maximum absolute atomic E-state index is 11.8. The average Bonchev–Trinajstić information content (AvgIpc) is 3.24. The summed E-state index contributed by atoms with van der Waals surface area (Å²) in [5.41, 5.74) is 2.91. The smallest absolute Gasteiger partial charge is 0.332 e. The maximum atomic E-state index is 11.8. The molecule has 0 heterocycles. The Hall–Kier alpha value is -2.35. The second-order valence-electron chi connectivity index (χ2n) is 5.51. The number of rotatable bonds is 5. The van der Waals surface area contributed by atoms with Crippen molar-refractivity contribution in [3.8, 4) is 0 Å². The third-order valence-electron chi connectivity index (χ3n) is 4.47. The van der Waals surface area contributed by atoms with Crippen LogP contribution in [-0.2, 0) is 4.79 Å². The summed E-state index contributed by atoms with van der Waals surface area (Å²) in [5, 5.41) is 9.66. The summed E-state index contributed by atoms with van der Waals surface area (Å²) >= 11 is 0. The van der Waals surface area contributed by atoms with Gasteiger partial charge in [0.1, 0.15) is 0 Å². The average molecular weight is 278 g/mol. The SMILES string of the molecule is C=C(C(=O)O)C(C1=CC=CC1)(C1=CC=CC1)C1=CC=CC1. The van der Waals surface area contributed by atoms with Crippen molar-refractivity contribution >= 4 is 5.97 Å². The molecule has 2 nitrogen and oxygen atoms in total. The van der Waals surface area contributed by atoms with Gasteiger partial charge in [0.2, 0.25) is 0 Å². The molecule has 3 aliphatic carbocycles. The molecule has 106 valence electrons. The van der Waals surface area contributed by atoms with E-state index in [0.29, 0.717) is 0 Å². The molecular weight excluding hydrogens is 260 g/mol. The molecule has 0 radical (unpaired) electrons. The summed E-state index contributed by atoms with van der Waals surface area (Å²) < 4.78 is 0. The van der Waals surface area contributed by atoms with E-state index in [4.69, 9.17) is 0 Å². The zero-order chi connectivity index (χ0) is 14.9. The first kappa shape index (κ1) is 13.6. The number of carboxylic acids is 1. The van der Waals surface area contributed by atoms with Crippen LogP contribution in [-0.4, -0.2) is 11.1 Å². The van der Waals surface area contributed by atoms with Crippen molar-refractivity contribution in [1.29, 1.82) is 0 Å². The van der Waals surface area contributed by atoms with Crippen LogP contribution in [0.3, 0.4) is 0 Å². The van der Waals surface area contributed by atoms with Gasteiger partial charge in [-0.25, -0.2) is 4.79 Å². The van der Waals surface area contributed by atoms with Crippen LogP contribution in [0.2, 0.25) is 0 Å². The molecule has 0 unspecified atom stereocenters. The van der Waals surface area contributed by atoms with Crippen molar-refractivity contribution in [2.45, 2.75) is 19.3 Å². The molecule has 3 rings (SSSR count). The van der Waals surface area contributed by atoms with E-state index in [1.165, 1.54) is 0 Å². The maximum Gasteiger partial charge on any atom is 0.332 e. The monoisotopic (exact) mass is 278 g/mol. The lowest BCUT2D eigenvalue weighted by Gasteiger charge is -2.39. The summed E-state index contributed by atoms with van der Waals surface area (Å²) in [6, 6.07) is 0. The van der Waals surface area contributed by atoms with Gasteiger partial charge in [-0.15, -0.1) is 0 Å². The lowest BCUT2D eigenvalue weighted by atomic mass is 9.62. The molecule has 0 atom stereocenters. The van der Waals surface area contributed by atoms with Gasteiger partial charge in [-0.05, 0) is 36.0 Å². The predicted molar refractivity (Wildman–Crippen MR) is 84.7 cm³/mol. The van der Waals surface area contributed by atoms with E-state index in [1.54, 1.807) is 0 Å². The Bertz CT molecular complexity index is 598. The number of hydrogen-bond donors (Lipinski definition) is 1. The minimum atomic E-state index is -0.927. The fourth-order valence-electron chi connectivity index (χ4n) is 3.54. The lowest BCUT2D eigenvalue weighted by molar-refractivity contribution is -0.133. The Labute approximate surface area is 124 Å². The van der Waals surface area contributed by atoms with Crippen molar-refractivity contribution in [3.63, 3.8) is 0 Å². The van der Waals surface area contributed by atoms with Gasteiger partial charge in [0.05, 0.1) is 5.41 Å². The third-order valence-corrected chi connectivity index (χ3v) is 4.47. The van der Waals surface area contributed by atoms with Crippen molar-refractivity contribution in [2.24, 2.45) is 5.41 Å². The van der Waals surface area contributed by atoms with Crippen LogP contribution in [0.1, 0.15) is 19.3 Å². The van der Waals surface area contributed by atoms with Gasteiger partial charge < -0.3 is 5.11 Å². The minimum absolute atomic E-state index is 0.252. The van der Waals surface area contributed by atoms with E-state index in [-0.39, 0.29) is 5.57 Å². The van der Waals surface area contributed by atoms with Crippen LogP contribution >= 0.6 is 0 Å². The normalized spacial score (nSPS) is 19.7. The van der Waals surface area contributed by atoms with Crippen LogP contribution in [0.15, 0.2) is 83.6 Å². The minimum Gasteiger partial charge on any atom is -0.478 e. The number of carbonyl (C=O) groups is 1. The van der Waals surface area contributed by atoms with Crippen molar-refractivity contribution < 1.29 is 9.90 Å². The van der Waals surface area contributed by atoms with E-state index in [1.807, 2.05) is 36.5 Å². The molecule has 2 heteroatoms. The van der Waals surface area contributed by atoms with Gasteiger partial charge in [0, 0.05) is 5.57 Å². The first-order valence-corrected chi connectivity index (χ1v) is 7.18. The van der Waals surface area contributed by atoms with E-state index in [9.17, 15) is 9.90 Å². The van der Waals surface area contributed by atoms with Gasteiger partial charge in [-0.1, -0.05) is 61.3 Å². The van der Waals surface area contributed by atoms with Gasteiger partial charge in [0.25, 0.3) is 0 Å². The van der Waals surface area contributed by atoms with Crippen LogP contribution < -0.4 is 0 Å². The fraction of sp³-hybridized carbons (Fsp3) is 0.211. The topological polar surface area (TPSA) is 37.3 Å². The van der Waals surface area contributed by atoms with Gasteiger partial charge in [0.15, 0.2) is 0 Å². The summed E-state index contributed by atoms with van der Waals surface area (Å²) in [6.45, 7) is 3.96. The quantitative estimate of drug-likeness (QED) is 0.762. The molecule has 0 saturated heterocycles. The summed E-state index contributed by atoms with van der Waals surface area (Å²) in [4.78, 5) is 11.8. The molecule has 21 heavy (non-hydrogen) atoms. The van der Waals surface area contributed by atoms with Crippen LogP contribution in [0, 0.1) is 5.41 Å². The van der Waals surface area contributed by atoms with E-state index >= 15 is 0 Å². The standard InChI is InChI=1S/C19H18O2/c1-14(18(20)21)19(15-8-2-3-9-15,16-10-4-5-11-16)17-12-6-7-13-17/h2-8,10,12H,1,9,11,13H2,(H,20,21). The fourth-order valence-corrected chi connectivity index (χ4v) is 3.54.